The molecular weight excluding hydrogens is 240 g/mol. The van der Waals surface area contributed by atoms with Crippen molar-refractivity contribution in [2.24, 2.45) is 16.8 Å². The molecule has 0 aliphatic heterocycles. The standard InChI is InChI=1S/C14H22N4O/c1-10-5-3-4-6-13(10)18(2)11-7-8-12(16-9-11)14(15)17-19/h7-10,13,19H,3-6H2,1-2H3,(H2,15,17). The molecule has 1 aliphatic rings. The van der Waals surface area contributed by atoms with Crippen LogP contribution in [0.2, 0.25) is 0 Å². The summed E-state index contributed by atoms with van der Waals surface area (Å²) in [5.41, 5.74) is 7.08. The average molecular weight is 262 g/mol. The highest BCUT2D eigenvalue weighted by atomic mass is 16.4. The Hall–Kier alpha value is -1.78. The van der Waals surface area contributed by atoms with Crippen LogP contribution in [0, 0.1) is 5.92 Å². The average Bonchev–Trinajstić information content (AvgIpc) is 2.46. The minimum absolute atomic E-state index is 0.0419. The van der Waals surface area contributed by atoms with Crippen LogP contribution in [-0.4, -0.2) is 29.1 Å². The molecule has 104 valence electrons. The molecule has 2 atom stereocenters. The molecule has 5 nitrogen and oxygen atoms in total. The number of nitrogens with zero attached hydrogens (tertiary/aromatic N) is 3. The fourth-order valence-electron chi connectivity index (χ4n) is 2.86. The molecule has 1 aromatic heterocycles. The molecule has 0 radical (unpaired) electrons. The highest BCUT2D eigenvalue weighted by molar-refractivity contribution is 5.95. The highest BCUT2D eigenvalue weighted by Gasteiger charge is 2.25. The molecular formula is C14H22N4O. The molecule has 3 N–H and O–H groups in total. The number of pyridine rings is 1. The van der Waals surface area contributed by atoms with E-state index in [1.807, 2.05) is 6.07 Å². The third kappa shape index (κ3) is 2.97. The Balaban J connectivity index is 2.12. The molecule has 0 spiro atoms. The van der Waals surface area contributed by atoms with Gasteiger partial charge in [0.05, 0.1) is 11.9 Å². The van der Waals surface area contributed by atoms with E-state index in [0.717, 1.165) is 5.69 Å². The molecule has 19 heavy (non-hydrogen) atoms. The molecule has 0 amide bonds. The lowest BCUT2D eigenvalue weighted by molar-refractivity contribution is 0.318. The minimum Gasteiger partial charge on any atom is -0.409 e. The first-order chi connectivity index (χ1) is 9.13. The lowest BCUT2D eigenvalue weighted by Crippen LogP contribution is -2.39. The Labute approximate surface area is 114 Å². The Bertz CT molecular complexity index is 443. The van der Waals surface area contributed by atoms with Crippen LogP contribution in [0.4, 0.5) is 5.69 Å². The number of oxime groups is 1. The van der Waals surface area contributed by atoms with Crippen LogP contribution in [0.25, 0.3) is 0 Å². The fraction of sp³-hybridized carbons (Fsp3) is 0.571. The van der Waals surface area contributed by atoms with E-state index in [9.17, 15) is 0 Å². The van der Waals surface area contributed by atoms with Gasteiger partial charge < -0.3 is 15.8 Å². The third-order valence-electron chi connectivity index (χ3n) is 4.09. The molecule has 2 unspecified atom stereocenters. The summed E-state index contributed by atoms with van der Waals surface area (Å²) in [5, 5.41) is 11.6. The second-order valence-electron chi connectivity index (χ2n) is 5.33. The van der Waals surface area contributed by atoms with Crippen molar-refractivity contribution < 1.29 is 5.21 Å². The van der Waals surface area contributed by atoms with Gasteiger partial charge in [-0.3, -0.25) is 4.98 Å². The molecule has 1 fully saturated rings. The van der Waals surface area contributed by atoms with Crippen molar-refractivity contribution in [1.29, 1.82) is 0 Å². The number of aromatic nitrogens is 1. The van der Waals surface area contributed by atoms with Gasteiger partial charge in [-0.2, -0.15) is 0 Å². The van der Waals surface area contributed by atoms with E-state index in [2.05, 4.69) is 29.0 Å². The minimum atomic E-state index is 0.0419. The van der Waals surface area contributed by atoms with E-state index in [1.54, 1.807) is 12.3 Å². The largest absolute Gasteiger partial charge is 0.409 e. The van der Waals surface area contributed by atoms with Crippen LogP contribution in [0.15, 0.2) is 23.5 Å². The number of hydrogen-bond acceptors (Lipinski definition) is 4. The number of amidine groups is 1. The Morgan fingerprint density at radius 3 is 2.74 bits per heavy atom. The summed E-state index contributed by atoms with van der Waals surface area (Å²) in [7, 11) is 2.12. The lowest BCUT2D eigenvalue weighted by Gasteiger charge is -2.37. The van der Waals surface area contributed by atoms with E-state index < -0.39 is 0 Å². The van der Waals surface area contributed by atoms with Crippen LogP contribution < -0.4 is 10.6 Å². The molecule has 1 saturated carbocycles. The zero-order valence-corrected chi connectivity index (χ0v) is 11.6. The van der Waals surface area contributed by atoms with Crippen molar-refractivity contribution >= 4 is 11.5 Å². The molecule has 0 bridgehead atoms. The number of anilines is 1. The van der Waals surface area contributed by atoms with Gasteiger partial charge in [-0.25, -0.2) is 0 Å². The maximum Gasteiger partial charge on any atom is 0.188 e. The maximum absolute atomic E-state index is 8.62. The third-order valence-corrected chi connectivity index (χ3v) is 4.09. The smallest absolute Gasteiger partial charge is 0.188 e. The second-order valence-corrected chi connectivity index (χ2v) is 5.33. The Morgan fingerprint density at radius 2 is 2.16 bits per heavy atom. The van der Waals surface area contributed by atoms with Gasteiger partial charge in [-0.15, -0.1) is 0 Å². The summed E-state index contributed by atoms with van der Waals surface area (Å²) in [6.07, 6.45) is 6.96. The normalized spacial score (nSPS) is 24.2. The van der Waals surface area contributed by atoms with Gasteiger partial charge in [-0.1, -0.05) is 24.9 Å². The Morgan fingerprint density at radius 1 is 1.42 bits per heavy atom. The van der Waals surface area contributed by atoms with Crippen molar-refractivity contribution in [3.8, 4) is 0 Å². The molecule has 1 heterocycles. The van der Waals surface area contributed by atoms with Gasteiger partial charge in [0, 0.05) is 13.1 Å². The van der Waals surface area contributed by atoms with Gasteiger partial charge in [0.15, 0.2) is 5.84 Å². The van der Waals surface area contributed by atoms with Gasteiger partial charge in [0.2, 0.25) is 0 Å². The summed E-state index contributed by atoms with van der Waals surface area (Å²) in [5.74, 6) is 0.753. The summed E-state index contributed by atoms with van der Waals surface area (Å²) >= 11 is 0. The Kier molecular flexibility index (Phi) is 4.24. The topological polar surface area (TPSA) is 74.7 Å². The zero-order chi connectivity index (χ0) is 13.8. The first kappa shape index (κ1) is 13.6. The van der Waals surface area contributed by atoms with Gasteiger partial charge in [-0.05, 0) is 30.9 Å². The summed E-state index contributed by atoms with van der Waals surface area (Å²) in [6.45, 7) is 2.32. The molecule has 1 aromatic rings. The lowest BCUT2D eigenvalue weighted by atomic mass is 9.85. The monoisotopic (exact) mass is 262 g/mol. The fourth-order valence-corrected chi connectivity index (χ4v) is 2.86. The first-order valence-electron chi connectivity index (χ1n) is 6.80. The van der Waals surface area contributed by atoms with Gasteiger partial charge in [0.1, 0.15) is 5.69 Å². The molecule has 5 heteroatoms. The van der Waals surface area contributed by atoms with Crippen molar-refractivity contribution in [3.05, 3.63) is 24.0 Å². The number of nitrogens with two attached hydrogens (primary N) is 1. The number of hydrogen-bond donors (Lipinski definition) is 2. The highest BCUT2D eigenvalue weighted by Crippen LogP contribution is 2.30. The van der Waals surface area contributed by atoms with Crippen molar-refractivity contribution in [3.63, 3.8) is 0 Å². The molecule has 2 rings (SSSR count). The van der Waals surface area contributed by atoms with Crippen LogP contribution in [0.5, 0.6) is 0 Å². The summed E-state index contributed by atoms with van der Waals surface area (Å²) < 4.78 is 0. The van der Waals surface area contributed by atoms with E-state index in [4.69, 9.17) is 10.9 Å². The predicted molar refractivity (Wildman–Crippen MR) is 76.6 cm³/mol. The molecule has 0 saturated heterocycles. The van der Waals surface area contributed by atoms with E-state index in [0.29, 0.717) is 17.7 Å². The maximum atomic E-state index is 8.62. The van der Waals surface area contributed by atoms with Crippen molar-refractivity contribution in [1.82, 2.24) is 4.98 Å². The van der Waals surface area contributed by atoms with E-state index in [1.165, 1.54) is 25.7 Å². The van der Waals surface area contributed by atoms with E-state index in [-0.39, 0.29) is 5.84 Å². The summed E-state index contributed by atoms with van der Waals surface area (Å²) in [6, 6.07) is 4.33. The number of rotatable bonds is 3. The van der Waals surface area contributed by atoms with Crippen molar-refractivity contribution in [2.45, 2.75) is 38.6 Å². The zero-order valence-electron chi connectivity index (χ0n) is 11.6. The molecule has 1 aliphatic carbocycles. The van der Waals surface area contributed by atoms with E-state index >= 15 is 0 Å². The second kappa shape index (κ2) is 5.91. The first-order valence-corrected chi connectivity index (χ1v) is 6.80. The van der Waals surface area contributed by atoms with Crippen LogP contribution >= 0.6 is 0 Å². The quantitative estimate of drug-likeness (QED) is 0.379. The van der Waals surface area contributed by atoms with Gasteiger partial charge >= 0.3 is 0 Å². The van der Waals surface area contributed by atoms with Crippen LogP contribution in [-0.2, 0) is 0 Å². The van der Waals surface area contributed by atoms with Crippen molar-refractivity contribution in [2.75, 3.05) is 11.9 Å². The SMILES string of the molecule is CC1CCCCC1N(C)c1ccc(/C(N)=N/O)nc1. The molecule has 0 aromatic carbocycles. The van der Waals surface area contributed by atoms with Crippen LogP contribution in [0.1, 0.15) is 38.3 Å². The summed E-state index contributed by atoms with van der Waals surface area (Å²) in [4.78, 5) is 6.53. The van der Waals surface area contributed by atoms with Crippen LogP contribution in [0.3, 0.4) is 0 Å². The van der Waals surface area contributed by atoms with Gasteiger partial charge in [0.25, 0.3) is 0 Å². The predicted octanol–water partition coefficient (Wildman–Crippen LogP) is 2.19.